The Kier molecular flexibility index (Phi) is 4.49. The Bertz CT molecular complexity index is 639. The van der Waals surface area contributed by atoms with Crippen molar-refractivity contribution >= 4 is 17.4 Å². The zero-order valence-electron chi connectivity index (χ0n) is 11.4. The van der Waals surface area contributed by atoms with E-state index in [1.54, 1.807) is 4.68 Å². The second kappa shape index (κ2) is 6.13. The Hall–Kier alpha value is -1.75. The van der Waals surface area contributed by atoms with Crippen LogP contribution in [-0.2, 0) is 19.4 Å². The number of carbonyl (C=O) groups is 1. The first-order valence-electron chi connectivity index (χ1n) is 6.45. The molecule has 0 aliphatic rings. The minimum Gasteiger partial charge on any atom is -0.294 e. The summed E-state index contributed by atoms with van der Waals surface area (Å²) in [6.45, 7) is 4.48. The number of aromatic nitrogens is 3. The maximum Gasteiger partial charge on any atom is 0.171 e. The Morgan fingerprint density at radius 1 is 1.45 bits per heavy atom. The molecule has 2 aromatic rings. The number of nitrogens with zero attached hydrogens (tertiary/aromatic N) is 3. The van der Waals surface area contributed by atoms with Gasteiger partial charge in [0.1, 0.15) is 0 Å². The van der Waals surface area contributed by atoms with Gasteiger partial charge < -0.3 is 0 Å². The Labute approximate surface area is 121 Å². The number of carbonyl (C=O) groups excluding carboxylic acids is 1. The molecule has 0 amide bonds. The number of ketones is 1. The van der Waals surface area contributed by atoms with Crippen LogP contribution in [0.25, 0.3) is 0 Å². The van der Waals surface area contributed by atoms with Crippen molar-refractivity contribution in [1.29, 1.82) is 0 Å². The van der Waals surface area contributed by atoms with Crippen molar-refractivity contribution in [3.63, 3.8) is 0 Å². The molecule has 20 heavy (non-hydrogen) atoms. The normalized spacial score (nSPS) is 10.8. The van der Waals surface area contributed by atoms with Gasteiger partial charge >= 0.3 is 0 Å². The van der Waals surface area contributed by atoms with Crippen LogP contribution >= 0.6 is 11.6 Å². The van der Waals surface area contributed by atoms with E-state index in [1.807, 2.05) is 13.8 Å². The van der Waals surface area contributed by atoms with Gasteiger partial charge in [-0.25, -0.2) is 4.39 Å². The summed E-state index contributed by atoms with van der Waals surface area (Å²) in [5.41, 5.74) is 1.41. The number of rotatable bonds is 5. The standard InChI is InChI=1S/C14H15ClFN3O/c1-3-11-14(15)12(19(4-2)18-11)7-13(20)9-5-6-17-8-10(9)16/h5-6,8H,3-4,7H2,1-2H3. The van der Waals surface area contributed by atoms with E-state index in [0.717, 1.165) is 11.9 Å². The van der Waals surface area contributed by atoms with Gasteiger partial charge in [-0.3, -0.25) is 14.5 Å². The molecule has 4 nitrogen and oxygen atoms in total. The Morgan fingerprint density at radius 2 is 2.20 bits per heavy atom. The van der Waals surface area contributed by atoms with Crippen LogP contribution in [0.2, 0.25) is 5.02 Å². The van der Waals surface area contributed by atoms with E-state index in [4.69, 9.17) is 11.6 Å². The molecule has 0 N–H and O–H groups in total. The van der Waals surface area contributed by atoms with Crippen LogP contribution in [0.4, 0.5) is 4.39 Å². The van der Waals surface area contributed by atoms with Gasteiger partial charge in [-0.2, -0.15) is 5.10 Å². The maximum absolute atomic E-state index is 13.6. The lowest BCUT2D eigenvalue weighted by Gasteiger charge is -2.05. The number of hydrogen-bond donors (Lipinski definition) is 0. The van der Waals surface area contributed by atoms with Crippen LogP contribution in [0.1, 0.15) is 35.6 Å². The average Bonchev–Trinajstić information content (AvgIpc) is 2.75. The summed E-state index contributed by atoms with van der Waals surface area (Å²) in [5, 5.41) is 4.84. The summed E-state index contributed by atoms with van der Waals surface area (Å²) >= 11 is 6.24. The van der Waals surface area contributed by atoms with Crippen molar-refractivity contribution in [3.8, 4) is 0 Å². The highest BCUT2D eigenvalue weighted by Gasteiger charge is 2.19. The first-order chi connectivity index (χ1) is 9.58. The quantitative estimate of drug-likeness (QED) is 0.797. The molecule has 6 heteroatoms. The third-order valence-electron chi connectivity index (χ3n) is 3.10. The smallest absolute Gasteiger partial charge is 0.171 e. The Morgan fingerprint density at radius 3 is 2.80 bits per heavy atom. The topological polar surface area (TPSA) is 47.8 Å². The lowest BCUT2D eigenvalue weighted by Crippen LogP contribution is -2.11. The molecule has 0 aliphatic carbocycles. The van der Waals surface area contributed by atoms with Crippen LogP contribution in [-0.4, -0.2) is 20.5 Å². The number of halogens is 2. The third-order valence-corrected chi connectivity index (χ3v) is 3.53. The van der Waals surface area contributed by atoms with Crippen LogP contribution in [0.15, 0.2) is 18.5 Å². The van der Waals surface area contributed by atoms with Crippen molar-refractivity contribution in [2.45, 2.75) is 33.2 Å². The summed E-state index contributed by atoms with van der Waals surface area (Å²) in [4.78, 5) is 15.8. The van der Waals surface area contributed by atoms with Gasteiger partial charge in [0.25, 0.3) is 0 Å². The average molecular weight is 296 g/mol. The summed E-state index contributed by atoms with van der Waals surface area (Å²) in [6, 6.07) is 1.37. The summed E-state index contributed by atoms with van der Waals surface area (Å²) < 4.78 is 15.3. The van der Waals surface area contributed by atoms with Crippen molar-refractivity contribution in [1.82, 2.24) is 14.8 Å². The van der Waals surface area contributed by atoms with Gasteiger partial charge in [0.15, 0.2) is 11.6 Å². The molecule has 106 valence electrons. The molecule has 0 aromatic carbocycles. The highest BCUT2D eigenvalue weighted by molar-refractivity contribution is 6.32. The monoisotopic (exact) mass is 295 g/mol. The Balaban J connectivity index is 2.33. The van der Waals surface area contributed by atoms with Gasteiger partial charge in [-0.15, -0.1) is 0 Å². The van der Waals surface area contributed by atoms with Gasteiger partial charge in [0, 0.05) is 12.7 Å². The van der Waals surface area contributed by atoms with Crippen LogP contribution < -0.4 is 0 Å². The summed E-state index contributed by atoms with van der Waals surface area (Å²) in [5.74, 6) is -0.948. The maximum atomic E-state index is 13.6. The molecule has 2 rings (SSSR count). The molecular formula is C14H15ClFN3O. The van der Waals surface area contributed by atoms with Crippen LogP contribution in [0, 0.1) is 5.82 Å². The molecule has 0 fully saturated rings. The number of aryl methyl sites for hydroxylation is 2. The second-order valence-electron chi connectivity index (χ2n) is 4.33. The first-order valence-corrected chi connectivity index (χ1v) is 6.83. The number of pyridine rings is 1. The van der Waals surface area contributed by atoms with Crippen molar-refractivity contribution in [2.75, 3.05) is 0 Å². The summed E-state index contributed by atoms with van der Waals surface area (Å²) in [7, 11) is 0. The molecule has 2 heterocycles. The largest absolute Gasteiger partial charge is 0.294 e. The van der Waals surface area contributed by atoms with Crippen LogP contribution in [0.3, 0.4) is 0 Å². The first kappa shape index (κ1) is 14.7. The van der Waals surface area contributed by atoms with Gasteiger partial charge in [-0.1, -0.05) is 18.5 Å². The molecule has 0 bridgehead atoms. The molecule has 0 aliphatic heterocycles. The fourth-order valence-electron chi connectivity index (χ4n) is 2.03. The van der Waals surface area contributed by atoms with Crippen LogP contribution in [0.5, 0.6) is 0 Å². The molecule has 0 atom stereocenters. The predicted octanol–water partition coefficient (Wildman–Crippen LogP) is 3.08. The van der Waals surface area contributed by atoms with E-state index >= 15 is 0 Å². The van der Waals surface area contributed by atoms with Crippen molar-refractivity contribution < 1.29 is 9.18 Å². The van der Waals surface area contributed by atoms with E-state index in [1.165, 1.54) is 12.3 Å². The molecule has 0 spiro atoms. The zero-order valence-corrected chi connectivity index (χ0v) is 12.1. The third kappa shape index (κ3) is 2.72. The van der Waals surface area contributed by atoms with E-state index < -0.39 is 5.82 Å². The van der Waals surface area contributed by atoms with E-state index in [-0.39, 0.29) is 17.8 Å². The summed E-state index contributed by atoms with van der Waals surface area (Å²) in [6.07, 6.45) is 3.15. The van der Waals surface area contributed by atoms with Gasteiger partial charge in [-0.05, 0) is 19.4 Å². The minimum atomic E-state index is -0.619. The molecule has 0 unspecified atom stereocenters. The van der Waals surface area contributed by atoms with Gasteiger partial charge in [0.05, 0.1) is 34.6 Å². The lowest BCUT2D eigenvalue weighted by molar-refractivity contribution is 0.0986. The zero-order chi connectivity index (χ0) is 14.7. The van der Waals surface area contributed by atoms with Crippen molar-refractivity contribution in [3.05, 3.63) is 46.3 Å². The second-order valence-corrected chi connectivity index (χ2v) is 4.71. The molecule has 0 radical (unpaired) electrons. The van der Waals surface area contributed by atoms with Gasteiger partial charge in [0.2, 0.25) is 0 Å². The molecular weight excluding hydrogens is 281 g/mol. The SMILES string of the molecule is CCc1nn(CC)c(CC(=O)c2ccncc2F)c1Cl. The molecule has 0 saturated heterocycles. The predicted molar refractivity (Wildman–Crippen MR) is 74.5 cm³/mol. The lowest BCUT2D eigenvalue weighted by atomic mass is 10.1. The van der Waals surface area contributed by atoms with E-state index in [2.05, 4.69) is 10.1 Å². The minimum absolute atomic E-state index is 0.0259. The van der Waals surface area contributed by atoms with Crippen molar-refractivity contribution in [2.24, 2.45) is 0 Å². The fourth-order valence-corrected chi connectivity index (χ4v) is 2.37. The van der Waals surface area contributed by atoms with E-state index in [0.29, 0.717) is 23.7 Å². The fraction of sp³-hybridized carbons (Fsp3) is 0.357. The molecule has 2 aromatic heterocycles. The number of hydrogen-bond acceptors (Lipinski definition) is 3. The highest BCUT2D eigenvalue weighted by Crippen LogP contribution is 2.23. The molecule has 0 saturated carbocycles. The highest BCUT2D eigenvalue weighted by atomic mass is 35.5. The number of Topliss-reactive ketones (excluding diaryl/α,β-unsaturated/α-hetero) is 1. The van der Waals surface area contributed by atoms with E-state index in [9.17, 15) is 9.18 Å².